The number of carbonyl (C=O) groups excluding carboxylic acids is 2. The highest BCUT2D eigenvalue weighted by atomic mass is 16.5. The van der Waals surface area contributed by atoms with Crippen molar-refractivity contribution in [2.75, 3.05) is 13.7 Å². The molecule has 2 aromatic rings. The highest BCUT2D eigenvalue weighted by Crippen LogP contribution is 2.18. The van der Waals surface area contributed by atoms with E-state index in [0.29, 0.717) is 11.3 Å². The second-order valence-corrected chi connectivity index (χ2v) is 5.74. The fourth-order valence-corrected chi connectivity index (χ4v) is 2.31. The van der Waals surface area contributed by atoms with Crippen LogP contribution in [0.4, 0.5) is 0 Å². The first-order valence-corrected chi connectivity index (χ1v) is 8.07. The van der Waals surface area contributed by atoms with E-state index in [2.05, 4.69) is 5.32 Å². The number of benzene rings is 2. The lowest BCUT2D eigenvalue weighted by Crippen LogP contribution is -2.34. The molecule has 0 fully saturated rings. The summed E-state index contributed by atoms with van der Waals surface area (Å²) in [5, 5.41) is 11.6. The number of ether oxygens (including phenoxy) is 2. The second kappa shape index (κ2) is 9.23. The van der Waals surface area contributed by atoms with Gasteiger partial charge in [0.2, 0.25) is 0 Å². The Labute approximate surface area is 152 Å². The molecule has 6 heteroatoms. The molecular formula is C20H20N2O4. The third-order valence-electron chi connectivity index (χ3n) is 3.77. The van der Waals surface area contributed by atoms with Gasteiger partial charge in [0.05, 0.1) is 31.2 Å². The van der Waals surface area contributed by atoms with E-state index in [1.165, 1.54) is 7.11 Å². The Bertz CT molecular complexity index is 792. The van der Waals surface area contributed by atoms with Crippen LogP contribution in [0.25, 0.3) is 0 Å². The van der Waals surface area contributed by atoms with Crippen LogP contribution in [0.2, 0.25) is 0 Å². The number of rotatable bonds is 7. The number of carbonyl (C=O) groups is 2. The Morgan fingerprint density at radius 1 is 1.12 bits per heavy atom. The fourth-order valence-electron chi connectivity index (χ4n) is 2.31. The Balaban J connectivity index is 1.99. The first-order valence-electron chi connectivity index (χ1n) is 8.07. The molecule has 0 bridgehead atoms. The predicted molar refractivity (Wildman–Crippen MR) is 95.3 cm³/mol. The van der Waals surface area contributed by atoms with E-state index >= 15 is 0 Å². The summed E-state index contributed by atoms with van der Waals surface area (Å²) in [6.45, 7) is 1.76. The second-order valence-electron chi connectivity index (χ2n) is 5.74. The molecule has 2 rings (SSSR count). The van der Waals surface area contributed by atoms with Crippen molar-refractivity contribution >= 4 is 11.9 Å². The van der Waals surface area contributed by atoms with E-state index in [4.69, 9.17) is 14.7 Å². The molecule has 0 saturated carbocycles. The van der Waals surface area contributed by atoms with Crippen LogP contribution in [0, 0.1) is 18.3 Å². The van der Waals surface area contributed by atoms with Crippen molar-refractivity contribution in [3.63, 3.8) is 0 Å². The summed E-state index contributed by atoms with van der Waals surface area (Å²) < 4.78 is 10.1. The topological polar surface area (TPSA) is 88.4 Å². The van der Waals surface area contributed by atoms with E-state index in [0.717, 1.165) is 11.1 Å². The van der Waals surface area contributed by atoms with Crippen molar-refractivity contribution < 1.29 is 19.1 Å². The van der Waals surface area contributed by atoms with Gasteiger partial charge in [-0.05, 0) is 36.8 Å². The summed E-state index contributed by atoms with van der Waals surface area (Å²) in [5.74, 6) is -0.285. The van der Waals surface area contributed by atoms with Crippen LogP contribution in [0.15, 0.2) is 48.5 Å². The summed E-state index contributed by atoms with van der Waals surface area (Å²) >= 11 is 0. The van der Waals surface area contributed by atoms with Gasteiger partial charge in [-0.15, -0.1) is 0 Å². The van der Waals surface area contributed by atoms with E-state index in [1.807, 2.05) is 37.3 Å². The fraction of sp³-hybridized carbons (Fsp3) is 0.250. The first-order chi connectivity index (χ1) is 12.5. The summed E-state index contributed by atoms with van der Waals surface area (Å²) in [4.78, 5) is 23.9. The molecule has 134 valence electrons. The van der Waals surface area contributed by atoms with Gasteiger partial charge in [0.25, 0.3) is 5.91 Å². The molecule has 1 N–H and O–H groups in total. The van der Waals surface area contributed by atoms with Crippen LogP contribution < -0.4 is 10.1 Å². The van der Waals surface area contributed by atoms with Gasteiger partial charge in [-0.2, -0.15) is 5.26 Å². The highest BCUT2D eigenvalue weighted by Gasteiger charge is 2.19. The molecule has 0 aliphatic carbocycles. The minimum absolute atomic E-state index is 0.0299. The van der Waals surface area contributed by atoms with E-state index in [1.54, 1.807) is 24.3 Å². The van der Waals surface area contributed by atoms with E-state index < -0.39 is 12.0 Å². The van der Waals surface area contributed by atoms with Crippen LogP contribution >= 0.6 is 0 Å². The number of nitrogens with one attached hydrogen (secondary N) is 1. The van der Waals surface area contributed by atoms with Crippen molar-refractivity contribution in [3.8, 4) is 11.8 Å². The SMILES string of the molecule is COC(=O)C[C@H](NC(=O)COc1ccc(C#N)cc1)c1ccc(C)cc1. The largest absolute Gasteiger partial charge is 0.484 e. The Hall–Kier alpha value is -3.33. The molecule has 1 amide bonds. The average Bonchev–Trinajstić information content (AvgIpc) is 2.66. The first kappa shape index (κ1) is 19.0. The minimum Gasteiger partial charge on any atom is -0.484 e. The third-order valence-corrected chi connectivity index (χ3v) is 3.77. The van der Waals surface area contributed by atoms with E-state index in [-0.39, 0.29) is 18.9 Å². The highest BCUT2D eigenvalue weighted by molar-refractivity contribution is 5.79. The van der Waals surface area contributed by atoms with Crippen LogP contribution in [0.1, 0.15) is 29.2 Å². The zero-order chi connectivity index (χ0) is 18.9. The predicted octanol–water partition coefficient (Wildman–Crippen LogP) is 2.67. The quantitative estimate of drug-likeness (QED) is 0.774. The van der Waals surface area contributed by atoms with Gasteiger partial charge < -0.3 is 14.8 Å². The lowest BCUT2D eigenvalue weighted by Gasteiger charge is -2.18. The Kier molecular flexibility index (Phi) is 6.75. The van der Waals surface area contributed by atoms with Crippen molar-refractivity contribution in [3.05, 3.63) is 65.2 Å². The van der Waals surface area contributed by atoms with Crippen LogP contribution in [-0.2, 0) is 14.3 Å². The number of hydrogen-bond acceptors (Lipinski definition) is 5. The number of nitriles is 1. The molecular weight excluding hydrogens is 332 g/mol. The summed E-state index contributed by atoms with van der Waals surface area (Å²) in [7, 11) is 1.31. The molecule has 26 heavy (non-hydrogen) atoms. The maximum absolute atomic E-state index is 12.2. The van der Waals surface area contributed by atoms with Crippen molar-refractivity contribution in [2.24, 2.45) is 0 Å². The van der Waals surface area contributed by atoms with Gasteiger partial charge in [-0.3, -0.25) is 9.59 Å². The van der Waals surface area contributed by atoms with Gasteiger partial charge in [0.15, 0.2) is 6.61 Å². The van der Waals surface area contributed by atoms with Gasteiger partial charge in [-0.25, -0.2) is 0 Å². The molecule has 0 aliphatic rings. The van der Waals surface area contributed by atoms with Crippen LogP contribution in [0.5, 0.6) is 5.75 Å². The maximum atomic E-state index is 12.2. The minimum atomic E-state index is -0.500. The molecule has 0 heterocycles. The lowest BCUT2D eigenvalue weighted by molar-refractivity contribution is -0.141. The van der Waals surface area contributed by atoms with Crippen LogP contribution in [-0.4, -0.2) is 25.6 Å². The number of amides is 1. The number of esters is 1. The van der Waals surface area contributed by atoms with Gasteiger partial charge in [0.1, 0.15) is 5.75 Å². The summed E-state index contributed by atoms with van der Waals surface area (Å²) in [6.07, 6.45) is 0.0299. The smallest absolute Gasteiger partial charge is 0.307 e. The van der Waals surface area contributed by atoms with Crippen LogP contribution in [0.3, 0.4) is 0 Å². The molecule has 0 aromatic heterocycles. The molecule has 0 saturated heterocycles. The maximum Gasteiger partial charge on any atom is 0.307 e. The number of aryl methyl sites for hydroxylation is 1. The molecule has 0 unspecified atom stereocenters. The number of methoxy groups -OCH3 is 1. The number of hydrogen-bond donors (Lipinski definition) is 1. The zero-order valence-corrected chi connectivity index (χ0v) is 14.7. The monoisotopic (exact) mass is 352 g/mol. The molecule has 1 atom stereocenters. The molecule has 2 aromatic carbocycles. The third kappa shape index (κ3) is 5.64. The zero-order valence-electron chi connectivity index (χ0n) is 14.7. The normalized spacial score (nSPS) is 11.1. The molecule has 0 radical (unpaired) electrons. The standard InChI is InChI=1S/C20H20N2O4/c1-14-3-7-16(8-4-14)18(11-20(24)25-2)22-19(23)13-26-17-9-5-15(12-21)6-10-17/h3-10,18H,11,13H2,1-2H3,(H,22,23)/t18-/m0/s1. The lowest BCUT2D eigenvalue weighted by atomic mass is 10.0. The average molecular weight is 352 g/mol. The van der Waals surface area contributed by atoms with Crippen molar-refractivity contribution in [1.82, 2.24) is 5.32 Å². The molecule has 0 aliphatic heterocycles. The van der Waals surface area contributed by atoms with Crippen molar-refractivity contribution in [1.29, 1.82) is 5.26 Å². The molecule has 0 spiro atoms. The van der Waals surface area contributed by atoms with E-state index in [9.17, 15) is 9.59 Å². The van der Waals surface area contributed by atoms with Gasteiger partial charge in [-0.1, -0.05) is 29.8 Å². The summed E-state index contributed by atoms with van der Waals surface area (Å²) in [5.41, 5.74) is 2.41. The number of nitrogens with zero attached hydrogens (tertiary/aromatic N) is 1. The molecule has 6 nitrogen and oxygen atoms in total. The van der Waals surface area contributed by atoms with Gasteiger partial charge in [0, 0.05) is 0 Å². The Morgan fingerprint density at radius 2 is 1.77 bits per heavy atom. The summed E-state index contributed by atoms with van der Waals surface area (Å²) in [6, 6.07) is 15.5. The van der Waals surface area contributed by atoms with Gasteiger partial charge >= 0.3 is 5.97 Å². The van der Waals surface area contributed by atoms with Crippen molar-refractivity contribution in [2.45, 2.75) is 19.4 Å². The Morgan fingerprint density at radius 3 is 2.35 bits per heavy atom.